The topological polar surface area (TPSA) is 147 Å². The lowest BCUT2D eigenvalue weighted by Crippen LogP contribution is -2.56. The number of anilines is 1. The van der Waals surface area contributed by atoms with E-state index in [0.717, 1.165) is 12.3 Å². The lowest BCUT2D eigenvalue weighted by atomic mass is 9.83. The molecule has 0 saturated heterocycles. The molecule has 162 valence electrons. The summed E-state index contributed by atoms with van der Waals surface area (Å²) in [6.45, 7) is 0. The highest BCUT2D eigenvalue weighted by Crippen LogP contribution is 2.49. The summed E-state index contributed by atoms with van der Waals surface area (Å²) >= 11 is 0. The van der Waals surface area contributed by atoms with Crippen LogP contribution in [0.25, 0.3) is 0 Å². The number of hydrogen-bond donors (Lipinski definition) is 4. The normalized spacial score (nSPS) is 19.3. The van der Waals surface area contributed by atoms with Crippen LogP contribution in [0.1, 0.15) is 28.0 Å². The lowest BCUT2D eigenvalue weighted by molar-refractivity contribution is 0.0167. The van der Waals surface area contributed by atoms with Crippen LogP contribution in [-0.2, 0) is 5.54 Å². The first-order chi connectivity index (χ1) is 14.6. The molecule has 0 unspecified atom stereocenters. The number of aromatic nitrogens is 1. The van der Waals surface area contributed by atoms with Crippen molar-refractivity contribution in [1.29, 1.82) is 5.26 Å². The first kappa shape index (κ1) is 22.0. The van der Waals surface area contributed by atoms with Gasteiger partial charge in [0.25, 0.3) is 12.3 Å². The number of hydrogen-bond acceptors (Lipinski definition) is 5. The van der Waals surface area contributed by atoms with Gasteiger partial charge in [0.2, 0.25) is 0 Å². The molecule has 1 heterocycles. The van der Waals surface area contributed by atoms with E-state index < -0.39 is 53.1 Å². The monoisotopic (exact) mass is 436 g/mol. The highest BCUT2D eigenvalue weighted by molar-refractivity contribution is 6.02. The van der Waals surface area contributed by atoms with Gasteiger partial charge >= 0.3 is 6.03 Å². The number of benzene rings is 1. The van der Waals surface area contributed by atoms with Crippen LogP contribution in [0.15, 0.2) is 30.5 Å². The van der Waals surface area contributed by atoms with E-state index in [4.69, 9.17) is 16.7 Å². The van der Waals surface area contributed by atoms with Crippen molar-refractivity contribution in [2.24, 2.45) is 17.4 Å². The van der Waals surface area contributed by atoms with Crippen LogP contribution >= 0.6 is 0 Å². The van der Waals surface area contributed by atoms with E-state index in [2.05, 4.69) is 10.3 Å². The molecule has 0 bridgehead atoms. The molecule has 0 spiro atoms. The second-order valence-electron chi connectivity index (χ2n) is 6.98. The molecule has 31 heavy (non-hydrogen) atoms. The number of pyridine rings is 1. The second-order valence-corrected chi connectivity index (χ2v) is 6.98. The Hall–Kier alpha value is -3.72. The fourth-order valence-corrected chi connectivity index (χ4v) is 3.39. The maximum absolute atomic E-state index is 14.6. The summed E-state index contributed by atoms with van der Waals surface area (Å²) in [4.78, 5) is 27.6. The maximum Gasteiger partial charge on any atom is 0.313 e. The number of primary amides is 1. The number of rotatable bonds is 6. The van der Waals surface area contributed by atoms with E-state index in [0.29, 0.717) is 6.07 Å². The van der Waals surface area contributed by atoms with Crippen molar-refractivity contribution >= 4 is 17.6 Å². The number of alkyl halides is 2. The molecule has 6 N–H and O–H groups in total. The van der Waals surface area contributed by atoms with Crippen molar-refractivity contribution in [3.8, 4) is 6.07 Å². The maximum atomic E-state index is 14.6. The number of carbonyl (C=O) groups excluding carboxylic acids is 2. The predicted octanol–water partition coefficient (Wildman–Crippen LogP) is 1.96. The van der Waals surface area contributed by atoms with Crippen LogP contribution in [0.4, 0.5) is 28.0 Å². The molecule has 1 saturated carbocycles. The van der Waals surface area contributed by atoms with Gasteiger partial charge < -0.3 is 22.1 Å². The van der Waals surface area contributed by atoms with E-state index in [1.807, 2.05) is 11.4 Å². The van der Waals surface area contributed by atoms with Crippen molar-refractivity contribution < 1.29 is 27.2 Å². The highest BCUT2D eigenvalue weighted by atomic mass is 19.3. The van der Waals surface area contributed by atoms with Crippen LogP contribution in [-0.4, -0.2) is 29.4 Å². The average Bonchev–Trinajstić information content (AvgIpc) is 3.45. The molecule has 1 aromatic heterocycles. The Labute approximate surface area is 173 Å². The van der Waals surface area contributed by atoms with Gasteiger partial charge in [0, 0.05) is 35.5 Å². The van der Waals surface area contributed by atoms with Crippen molar-refractivity contribution in [2.75, 3.05) is 5.32 Å². The van der Waals surface area contributed by atoms with Crippen molar-refractivity contribution in [1.82, 2.24) is 10.3 Å². The molecule has 1 aromatic carbocycles. The molecular weight excluding hydrogens is 420 g/mol. The molecule has 1 fully saturated rings. The van der Waals surface area contributed by atoms with Crippen LogP contribution in [0.2, 0.25) is 0 Å². The summed E-state index contributed by atoms with van der Waals surface area (Å²) in [5, 5.41) is 12.8. The standard InChI is InChI=1S/C19H16F4N6O2/c20-12-4-9(28-16(30)14-2-1-8(6-24)7-27-14)3-11(15(12)21)19(17(22)23,29-18(26)31)10-5-13(10)25/h1-4,7,10,13,17H,5,25H2,(H,28,30)(H3,26,29,31)/t10-,13+,19-/m0/s1. The van der Waals surface area contributed by atoms with E-state index in [-0.39, 0.29) is 23.4 Å². The zero-order chi connectivity index (χ0) is 22.9. The quantitative estimate of drug-likeness (QED) is 0.511. The van der Waals surface area contributed by atoms with E-state index in [9.17, 15) is 27.2 Å². The zero-order valence-electron chi connectivity index (χ0n) is 15.7. The van der Waals surface area contributed by atoms with Crippen molar-refractivity contribution in [3.63, 3.8) is 0 Å². The van der Waals surface area contributed by atoms with Crippen LogP contribution < -0.4 is 22.1 Å². The minimum Gasteiger partial charge on any atom is -0.352 e. The molecule has 12 heteroatoms. The van der Waals surface area contributed by atoms with Crippen LogP contribution in [0.5, 0.6) is 0 Å². The Kier molecular flexibility index (Phi) is 5.81. The Morgan fingerprint density at radius 3 is 2.45 bits per heavy atom. The van der Waals surface area contributed by atoms with Gasteiger partial charge in [-0.2, -0.15) is 5.26 Å². The van der Waals surface area contributed by atoms with Gasteiger partial charge in [-0.25, -0.2) is 27.3 Å². The molecule has 0 radical (unpaired) electrons. The predicted molar refractivity (Wildman–Crippen MR) is 99.7 cm³/mol. The van der Waals surface area contributed by atoms with Crippen LogP contribution in [0.3, 0.4) is 0 Å². The molecule has 0 aliphatic heterocycles. The number of amides is 3. The molecule has 8 nitrogen and oxygen atoms in total. The van der Waals surface area contributed by atoms with Crippen molar-refractivity contribution in [3.05, 3.63) is 58.9 Å². The summed E-state index contributed by atoms with van der Waals surface area (Å²) in [5.74, 6) is -5.15. The van der Waals surface area contributed by atoms with Gasteiger partial charge in [-0.15, -0.1) is 0 Å². The molecule has 1 aliphatic carbocycles. The molecule has 1 aliphatic rings. The average molecular weight is 436 g/mol. The molecular formula is C19H16F4N6O2. The minimum atomic E-state index is -3.39. The number of urea groups is 1. The third-order valence-electron chi connectivity index (χ3n) is 4.96. The Bertz CT molecular complexity index is 1070. The van der Waals surface area contributed by atoms with Gasteiger partial charge in [-0.1, -0.05) is 0 Å². The summed E-state index contributed by atoms with van der Waals surface area (Å²) in [6, 6.07) is 3.54. The third kappa shape index (κ3) is 4.13. The molecule has 3 atom stereocenters. The first-order valence-electron chi connectivity index (χ1n) is 8.88. The Morgan fingerprint density at radius 2 is 1.97 bits per heavy atom. The fourth-order valence-electron chi connectivity index (χ4n) is 3.39. The zero-order valence-corrected chi connectivity index (χ0v) is 15.7. The smallest absolute Gasteiger partial charge is 0.313 e. The first-order valence-corrected chi connectivity index (χ1v) is 8.88. The third-order valence-corrected chi connectivity index (χ3v) is 4.96. The number of halogens is 4. The van der Waals surface area contributed by atoms with Gasteiger partial charge in [0.1, 0.15) is 17.3 Å². The summed E-state index contributed by atoms with van der Waals surface area (Å²) < 4.78 is 57.3. The Balaban J connectivity index is 2.03. The molecule has 3 rings (SSSR count). The summed E-state index contributed by atoms with van der Waals surface area (Å²) in [6.07, 6.45) is -2.26. The second kappa shape index (κ2) is 8.19. The van der Waals surface area contributed by atoms with Gasteiger partial charge in [-0.05, 0) is 24.6 Å². The summed E-state index contributed by atoms with van der Waals surface area (Å²) in [5.41, 5.74) is 6.77. The van der Waals surface area contributed by atoms with Crippen molar-refractivity contribution in [2.45, 2.75) is 24.4 Å². The number of nitrogens with zero attached hydrogens (tertiary/aromatic N) is 2. The van der Waals surface area contributed by atoms with Gasteiger partial charge in [-0.3, -0.25) is 4.79 Å². The van der Waals surface area contributed by atoms with E-state index in [1.165, 1.54) is 12.1 Å². The number of carbonyl (C=O) groups is 2. The number of nitrogens with two attached hydrogens (primary N) is 2. The fraction of sp³-hybridized carbons (Fsp3) is 0.263. The van der Waals surface area contributed by atoms with E-state index >= 15 is 0 Å². The minimum absolute atomic E-state index is 0.0113. The molecule has 2 aromatic rings. The number of nitriles is 1. The Morgan fingerprint density at radius 1 is 1.29 bits per heavy atom. The number of nitrogens with one attached hydrogen (secondary N) is 2. The lowest BCUT2D eigenvalue weighted by Gasteiger charge is -2.35. The van der Waals surface area contributed by atoms with Gasteiger partial charge in [0.05, 0.1) is 5.56 Å². The largest absolute Gasteiger partial charge is 0.352 e. The highest BCUT2D eigenvalue weighted by Gasteiger charge is 2.60. The van der Waals surface area contributed by atoms with Crippen LogP contribution in [0, 0.1) is 28.9 Å². The van der Waals surface area contributed by atoms with E-state index in [1.54, 1.807) is 0 Å². The SMILES string of the molecule is N#Cc1ccc(C(=O)Nc2cc(F)c(F)c([C@](NC(N)=O)(C(F)F)[C@H]3C[C@H]3N)c2)nc1. The summed E-state index contributed by atoms with van der Waals surface area (Å²) in [7, 11) is 0. The molecule has 3 amide bonds. The van der Waals surface area contributed by atoms with Gasteiger partial charge in [0.15, 0.2) is 11.6 Å².